The van der Waals surface area contributed by atoms with Crippen LogP contribution in [0.3, 0.4) is 0 Å². The summed E-state index contributed by atoms with van der Waals surface area (Å²) in [4.78, 5) is 32.0. The summed E-state index contributed by atoms with van der Waals surface area (Å²) < 4.78 is 41.2. The largest absolute Gasteiger partial charge is 0.478 e. The monoisotopic (exact) mass is 733 g/mol. The molecular formula is C38H64FN5O6Si. The average molecular weight is 734 g/mol. The smallest absolute Gasteiger partial charge is 0.420 e. The van der Waals surface area contributed by atoms with E-state index in [2.05, 4.69) is 44.2 Å². The number of rotatable bonds is 11. The molecule has 0 unspecified atom stereocenters. The number of nitrogens with one attached hydrogen (secondary N) is 1. The molecule has 0 bridgehead atoms. The van der Waals surface area contributed by atoms with Crippen LogP contribution in [0.4, 0.5) is 25.5 Å². The van der Waals surface area contributed by atoms with Crippen molar-refractivity contribution in [2.24, 2.45) is 0 Å². The first-order valence-corrected chi connectivity index (χ1v) is 21.1. The quantitative estimate of drug-likeness (QED) is 0.179. The minimum Gasteiger partial charge on any atom is -0.478 e. The zero-order valence-electron chi connectivity index (χ0n) is 33.8. The summed E-state index contributed by atoms with van der Waals surface area (Å²) >= 11 is 0. The summed E-state index contributed by atoms with van der Waals surface area (Å²) in [5.41, 5.74) is -0.686. The molecule has 288 valence electrons. The molecule has 0 spiro atoms. The van der Waals surface area contributed by atoms with Gasteiger partial charge in [-0.3, -0.25) is 0 Å². The second-order valence-electron chi connectivity index (χ2n) is 18.3. The zero-order valence-corrected chi connectivity index (χ0v) is 34.8. The van der Waals surface area contributed by atoms with Gasteiger partial charge < -0.3 is 24.0 Å². The van der Waals surface area contributed by atoms with Gasteiger partial charge in [0, 0.05) is 30.3 Å². The van der Waals surface area contributed by atoms with Crippen molar-refractivity contribution in [3.63, 3.8) is 0 Å². The number of hydrogen-bond donors (Lipinski definition) is 1. The molecule has 0 saturated heterocycles. The van der Waals surface area contributed by atoms with E-state index in [-0.39, 0.29) is 17.0 Å². The molecule has 2 amide bonds. The molecular weight excluding hydrogens is 670 g/mol. The molecule has 0 aliphatic heterocycles. The highest BCUT2D eigenvalue weighted by molar-refractivity contribution is 6.74. The summed E-state index contributed by atoms with van der Waals surface area (Å²) in [6, 6.07) is 5.18. The van der Waals surface area contributed by atoms with Crippen molar-refractivity contribution in [2.75, 3.05) is 11.5 Å². The maximum absolute atomic E-state index is 15.6. The van der Waals surface area contributed by atoms with Gasteiger partial charge in [-0.2, -0.15) is 5.10 Å². The first-order chi connectivity index (χ1) is 23.2. The van der Waals surface area contributed by atoms with E-state index >= 15 is 4.39 Å². The lowest BCUT2D eigenvalue weighted by Crippen LogP contribution is -2.45. The van der Waals surface area contributed by atoms with Crippen LogP contribution in [0.5, 0.6) is 5.88 Å². The molecule has 1 N–H and O–H groups in total. The minimum absolute atomic E-state index is 0.0375. The number of anilines is 2. The number of carbonyl (C=O) groups is 2. The molecule has 2 aromatic heterocycles. The van der Waals surface area contributed by atoms with E-state index in [9.17, 15) is 9.59 Å². The third kappa shape index (κ3) is 12.2. The predicted molar refractivity (Wildman–Crippen MR) is 202 cm³/mol. The van der Waals surface area contributed by atoms with Crippen LogP contribution in [0.2, 0.25) is 18.1 Å². The van der Waals surface area contributed by atoms with Gasteiger partial charge in [0.25, 0.3) is 0 Å². The van der Waals surface area contributed by atoms with Crippen LogP contribution in [0.15, 0.2) is 24.4 Å². The van der Waals surface area contributed by atoms with Gasteiger partial charge in [-0.15, -0.1) is 0 Å². The number of halogens is 1. The number of amides is 2. The summed E-state index contributed by atoms with van der Waals surface area (Å²) in [6.45, 7) is 30.0. The maximum Gasteiger partial charge on any atom is 0.420 e. The molecule has 1 saturated carbocycles. The molecule has 11 nitrogen and oxygen atoms in total. The van der Waals surface area contributed by atoms with E-state index in [1.165, 1.54) is 4.90 Å². The van der Waals surface area contributed by atoms with Gasteiger partial charge in [-0.1, -0.05) is 20.8 Å². The van der Waals surface area contributed by atoms with Gasteiger partial charge in [-0.05, 0) is 119 Å². The molecule has 0 aromatic carbocycles. The highest BCUT2D eigenvalue weighted by Crippen LogP contribution is 2.45. The van der Waals surface area contributed by atoms with Crippen molar-refractivity contribution < 1.29 is 32.6 Å². The van der Waals surface area contributed by atoms with Crippen molar-refractivity contribution in [1.29, 1.82) is 0 Å². The Hall–Kier alpha value is -3.19. The average Bonchev–Trinajstić information content (AvgIpc) is 3.52. The first kappa shape index (κ1) is 42.2. The number of alkyl halides is 1. The van der Waals surface area contributed by atoms with Crippen molar-refractivity contribution in [3.8, 4) is 5.88 Å². The van der Waals surface area contributed by atoms with Crippen LogP contribution in [0, 0.1) is 0 Å². The SMILES string of the molecule is C[C@@H](CCCOc1cc(N(C(=O)OC(C)(C)C)c2cc([C@H]3C[C@@H](F)[C@@H](O[Si](C)(C)C(C)(C)C)C3)nn2C(C)(C)C)ccn1)NC(=O)OC(C)(C)C. The van der Waals surface area contributed by atoms with Crippen LogP contribution < -0.4 is 15.0 Å². The molecule has 4 atom stereocenters. The third-order valence-electron chi connectivity index (χ3n) is 9.02. The van der Waals surface area contributed by atoms with Gasteiger partial charge >= 0.3 is 12.2 Å². The summed E-state index contributed by atoms with van der Waals surface area (Å²) in [5.74, 6) is 0.647. The maximum atomic E-state index is 15.6. The number of carbonyl (C=O) groups excluding carboxylic acids is 2. The number of nitrogens with zero attached hydrogens (tertiary/aromatic N) is 4. The third-order valence-corrected chi connectivity index (χ3v) is 13.5. The summed E-state index contributed by atoms with van der Waals surface area (Å²) in [6.07, 6.45) is 1.05. The number of pyridine rings is 1. The second-order valence-corrected chi connectivity index (χ2v) is 23.1. The summed E-state index contributed by atoms with van der Waals surface area (Å²) in [7, 11) is -2.19. The van der Waals surface area contributed by atoms with Crippen molar-refractivity contribution in [3.05, 3.63) is 30.1 Å². The number of hydrogen-bond acceptors (Lipinski definition) is 8. The van der Waals surface area contributed by atoms with Gasteiger partial charge in [-0.25, -0.2) is 28.5 Å². The van der Waals surface area contributed by atoms with E-state index in [1.807, 2.05) is 80.0 Å². The fourth-order valence-corrected chi connectivity index (χ4v) is 6.87. The lowest BCUT2D eigenvalue weighted by molar-refractivity contribution is 0.0503. The lowest BCUT2D eigenvalue weighted by atomic mass is 10.0. The standard InChI is InChI=1S/C38H64FN5O6Si/c1-25(41-33(45)48-36(5,6)7)17-16-20-47-31-23-27(18-19-40-31)43(34(46)49-37(8,9)10)32-24-29(42-44(32)35(2,3)4)26-21-28(39)30(22-26)50-51(14,15)38(11,12)13/h18-19,23-26,28,30H,16-17,20-22H2,1-15H3,(H,41,45)/t25-,26-,28+,30-/m0/s1. The van der Waals surface area contributed by atoms with Gasteiger partial charge in [0.1, 0.15) is 23.2 Å². The Balaban J connectivity index is 1.89. The van der Waals surface area contributed by atoms with Crippen molar-refractivity contribution in [1.82, 2.24) is 20.1 Å². The molecule has 2 aromatic rings. The van der Waals surface area contributed by atoms with Crippen LogP contribution in [-0.2, 0) is 19.4 Å². The minimum atomic E-state index is -2.19. The number of alkyl carbamates (subject to hydrolysis) is 1. The molecule has 2 heterocycles. The van der Waals surface area contributed by atoms with Crippen LogP contribution in [0.1, 0.15) is 127 Å². The lowest BCUT2D eigenvalue weighted by Gasteiger charge is -2.38. The van der Waals surface area contributed by atoms with Gasteiger partial charge in [0.05, 0.1) is 29.6 Å². The van der Waals surface area contributed by atoms with Crippen LogP contribution >= 0.6 is 0 Å². The predicted octanol–water partition coefficient (Wildman–Crippen LogP) is 9.78. The molecule has 51 heavy (non-hydrogen) atoms. The summed E-state index contributed by atoms with van der Waals surface area (Å²) in [5, 5.41) is 7.82. The van der Waals surface area contributed by atoms with E-state index in [1.54, 1.807) is 18.3 Å². The van der Waals surface area contributed by atoms with Crippen LogP contribution in [-0.4, -0.2) is 71.4 Å². The molecule has 0 radical (unpaired) electrons. The molecule has 1 aliphatic rings. The van der Waals surface area contributed by atoms with E-state index < -0.39 is 49.5 Å². The Morgan fingerprint density at radius 3 is 2.20 bits per heavy atom. The van der Waals surface area contributed by atoms with Crippen molar-refractivity contribution in [2.45, 2.75) is 175 Å². The Labute approximate surface area is 306 Å². The highest BCUT2D eigenvalue weighted by atomic mass is 28.4. The zero-order chi connectivity index (χ0) is 38.7. The fraction of sp³-hybridized carbons (Fsp3) is 0.737. The topological polar surface area (TPSA) is 117 Å². The Morgan fingerprint density at radius 2 is 1.63 bits per heavy atom. The highest BCUT2D eigenvalue weighted by Gasteiger charge is 2.45. The Kier molecular flexibility index (Phi) is 13.1. The number of aromatic nitrogens is 3. The normalized spacial score (nSPS) is 19.4. The fourth-order valence-electron chi connectivity index (χ4n) is 5.51. The van der Waals surface area contributed by atoms with E-state index in [0.717, 1.165) is 0 Å². The molecule has 1 aliphatic carbocycles. The first-order valence-electron chi connectivity index (χ1n) is 18.2. The van der Waals surface area contributed by atoms with Crippen molar-refractivity contribution >= 4 is 32.0 Å². The molecule has 1 fully saturated rings. The number of ether oxygens (including phenoxy) is 3. The Morgan fingerprint density at radius 1 is 1.00 bits per heavy atom. The van der Waals surface area contributed by atoms with E-state index in [0.29, 0.717) is 55.4 Å². The van der Waals surface area contributed by atoms with Crippen LogP contribution in [0.25, 0.3) is 0 Å². The van der Waals surface area contributed by atoms with E-state index in [4.69, 9.17) is 23.7 Å². The van der Waals surface area contributed by atoms with Gasteiger partial charge in [0.15, 0.2) is 8.32 Å². The Bertz CT molecular complexity index is 1490. The molecule has 3 rings (SSSR count). The molecule has 13 heteroatoms. The van der Waals surface area contributed by atoms with Gasteiger partial charge in [0.2, 0.25) is 5.88 Å². The second kappa shape index (κ2) is 15.8.